The number of amides is 1. The number of ether oxygens (including phenoxy) is 1. The van der Waals surface area contributed by atoms with Gasteiger partial charge in [-0.3, -0.25) is 4.79 Å². The molecule has 2 bridgehead atoms. The molecule has 2 aliphatic rings. The number of fused-ring (bicyclic) bond motifs is 2. The second-order valence-corrected chi connectivity index (χ2v) is 6.69. The first kappa shape index (κ1) is 14.7. The molecular weight excluding hydrogens is 286 g/mol. The van der Waals surface area contributed by atoms with Crippen LogP contribution in [0.15, 0.2) is 24.3 Å². The summed E-state index contributed by atoms with van der Waals surface area (Å²) in [7, 11) is 0. The molecule has 0 unspecified atom stereocenters. The zero-order chi connectivity index (χ0) is 14.7. The molecule has 0 saturated heterocycles. The minimum Gasteiger partial charge on any atom is -0.494 e. The molecule has 21 heavy (non-hydrogen) atoms. The van der Waals surface area contributed by atoms with Crippen LogP contribution in [-0.4, -0.2) is 18.6 Å². The van der Waals surface area contributed by atoms with E-state index in [1.807, 2.05) is 12.1 Å². The Morgan fingerprint density at radius 3 is 2.71 bits per heavy atom. The molecule has 3 atom stereocenters. The molecule has 0 spiro atoms. The van der Waals surface area contributed by atoms with Gasteiger partial charge in [-0.1, -0.05) is 18.0 Å². The predicted molar refractivity (Wildman–Crippen MR) is 83.6 cm³/mol. The van der Waals surface area contributed by atoms with Crippen molar-refractivity contribution in [1.29, 1.82) is 0 Å². The molecule has 3 nitrogen and oxygen atoms in total. The van der Waals surface area contributed by atoms with E-state index in [1.54, 1.807) is 12.1 Å². The number of benzene rings is 1. The first-order valence-electron chi connectivity index (χ1n) is 7.88. The first-order chi connectivity index (χ1) is 10.2. The van der Waals surface area contributed by atoms with Crippen molar-refractivity contribution in [2.24, 2.45) is 11.8 Å². The van der Waals surface area contributed by atoms with Crippen LogP contribution < -0.4 is 10.1 Å². The molecule has 2 fully saturated rings. The van der Waals surface area contributed by atoms with Crippen molar-refractivity contribution in [3.63, 3.8) is 0 Å². The summed E-state index contributed by atoms with van der Waals surface area (Å²) in [6, 6.07) is 7.74. The normalized spacial score (nSPS) is 26.8. The van der Waals surface area contributed by atoms with Crippen molar-refractivity contribution in [1.82, 2.24) is 5.32 Å². The molecule has 3 rings (SSSR count). The van der Waals surface area contributed by atoms with Gasteiger partial charge in [0, 0.05) is 17.5 Å². The third-order valence-electron chi connectivity index (χ3n) is 4.72. The topological polar surface area (TPSA) is 38.3 Å². The number of carbonyl (C=O) groups excluding carboxylic acids is 1. The SMILES string of the molecule is O=C(CCCOc1ccc(Cl)cc1)N[C@H]1C[C@H]2CC[C@H]1C2. The van der Waals surface area contributed by atoms with E-state index in [-0.39, 0.29) is 5.91 Å². The van der Waals surface area contributed by atoms with E-state index in [0.717, 1.165) is 24.0 Å². The lowest BCUT2D eigenvalue weighted by Crippen LogP contribution is -2.38. The van der Waals surface area contributed by atoms with Gasteiger partial charge in [-0.15, -0.1) is 0 Å². The van der Waals surface area contributed by atoms with Gasteiger partial charge in [0.05, 0.1) is 6.61 Å². The van der Waals surface area contributed by atoms with Crippen LogP contribution in [-0.2, 0) is 4.79 Å². The van der Waals surface area contributed by atoms with Crippen LogP contribution in [0, 0.1) is 11.8 Å². The van der Waals surface area contributed by atoms with Crippen LogP contribution in [0.1, 0.15) is 38.5 Å². The first-order valence-corrected chi connectivity index (χ1v) is 8.26. The average molecular weight is 308 g/mol. The summed E-state index contributed by atoms with van der Waals surface area (Å²) in [6.07, 6.45) is 6.47. The lowest BCUT2D eigenvalue weighted by Gasteiger charge is -2.22. The Morgan fingerprint density at radius 1 is 1.24 bits per heavy atom. The number of carbonyl (C=O) groups is 1. The molecule has 1 aromatic rings. The van der Waals surface area contributed by atoms with E-state index >= 15 is 0 Å². The highest BCUT2D eigenvalue weighted by atomic mass is 35.5. The molecule has 2 saturated carbocycles. The largest absolute Gasteiger partial charge is 0.494 e. The lowest BCUT2D eigenvalue weighted by atomic mass is 9.95. The van der Waals surface area contributed by atoms with E-state index in [0.29, 0.717) is 24.1 Å². The fourth-order valence-corrected chi connectivity index (χ4v) is 3.78. The third kappa shape index (κ3) is 3.91. The Labute approximate surface area is 131 Å². The van der Waals surface area contributed by atoms with Gasteiger partial charge in [-0.2, -0.15) is 0 Å². The molecule has 0 radical (unpaired) electrons. The van der Waals surface area contributed by atoms with E-state index in [1.165, 1.54) is 25.7 Å². The highest BCUT2D eigenvalue weighted by Crippen LogP contribution is 2.44. The Kier molecular flexibility index (Phi) is 4.69. The van der Waals surface area contributed by atoms with Crippen LogP contribution in [0.3, 0.4) is 0 Å². The number of hydrogen-bond acceptors (Lipinski definition) is 2. The molecular formula is C17H22ClNO2. The predicted octanol–water partition coefficient (Wildman–Crippen LogP) is 3.80. The monoisotopic (exact) mass is 307 g/mol. The molecule has 0 heterocycles. The maximum atomic E-state index is 11.9. The van der Waals surface area contributed by atoms with Crippen molar-refractivity contribution in [2.75, 3.05) is 6.61 Å². The summed E-state index contributed by atoms with van der Waals surface area (Å²) in [5, 5.41) is 3.91. The maximum absolute atomic E-state index is 11.9. The van der Waals surface area contributed by atoms with E-state index in [2.05, 4.69) is 5.32 Å². The van der Waals surface area contributed by atoms with Crippen LogP contribution in [0.25, 0.3) is 0 Å². The summed E-state index contributed by atoms with van der Waals surface area (Å²) >= 11 is 5.81. The van der Waals surface area contributed by atoms with Crippen LogP contribution >= 0.6 is 11.6 Å². The summed E-state index contributed by atoms with van der Waals surface area (Å²) in [6.45, 7) is 0.561. The van der Waals surface area contributed by atoms with E-state index in [4.69, 9.17) is 16.3 Å². The van der Waals surface area contributed by atoms with Crippen molar-refractivity contribution in [3.05, 3.63) is 29.3 Å². The minimum absolute atomic E-state index is 0.173. The van der Waals surface area contributed by atoms with E-state index in [9.17, 15) is 4.79 Å². The second kappa shape index (κ2) is 6.69. The zero-order valence-corrected chi connectivity index (χ0v) is 12.9. The third-order valence-corrected chi connectivity index (χ3v) is 4.97. The van der Waals surface area contributed by atoms with Gasteiger partial charge < -0.3 is 10.1 Å². The van der Waals surface area contributed by atoms with Gasteiger partial charge in [0.15, 0.2) is 0 Å². The van der Waals surface area contributed by atoms with Crippen LogP contribution in [0.5, 0.6) is 5.75 Å². The average Bonchev–Trinajstić information content (AvgIpc) is 3.08. The summed E-state index contributed by atoms with van der Waals surface area (Å²) in [5.74, 6) is 2.58. The molecule has 1 amide bonds. The van der Waals surface area contributed by atoms with Crippen molar-refractivity contribution in [3.8, 4) is 5.75 Å². The molecule has 0 aliphatic heterocycles. The quantitative estimate of drug-likeness (QED) is 0.812. The van der Waals surface area contributed by atoms with Gasteiger partial charge >= 0.3 is 0 Å². The van der Waals surface area contributed by atoms with Gasteiger partial charge in [-0.05, 0) is 61.8 Å². The maximum Gasteiger partial charge on any atom is 0.220 e. The van der Waals surface area contributed by atoms with Gasteiger partial charge in [0.1, 0.15) is 5.75 Å². The van der Waals surface area contributed by atoms with Gasteiger partial charge in [-0.25, -0.2) is 0 Å². The van der Waals surface area contributed by atoms with E-state index < -0.39 is 0 Å². The second-order valence-electron chi connectivity index (χ2n) is 6.25. The molecule has 4 heteroatoms. The summed E-state index contributed by atoms with van der Waals surface area (Å²) < 4.78 is 5.59. The standard InChI is InChI=1S/C17H22ClNO2/c18-14-5-7-15(8-6-14)21-9-1-2-17(20)19-16-11-12-3-4-13(16)10-12/h5-8,12-13,16H,1-4,9-11H2,(H,19,20)/t12-,13-,16-/m0/s1. The highest BCUT2D eigenvalue weighted by molar-refractivity contribution is 6.30. The number of rotatable bonds is 6. The van der Waals surface area contributed by atoms with Crippen molar-refractivity contribution >= 4 is 17.5 Å². The van der Waals surface area contributed by atoms with Crippen LogP contribution in [0.2, 0.25) is 5.02 Å². The van der Waals surface area contributed by atoms with Crippen molar-refractivity contribution in [2.45, 2.75) is 44.6 Å². The fourth-order valence-electron chi connectivity index (χ4n) is 3.65. The molecule has 1 aromatic carbocycles. The van der Waals surface area contributed by atoms with Gasteiger partial charge in [0.2, 0.25) is 5.91 Å². The Balaban J connectivity index is 1.32. The molecule has 2 aliphatic carbocycles. The Morgan fingerprint density at radius 2 is 2.05 bits per heavy atom. The zero-order valence-electron chi connectivity index (χ0n) is 12.2. The number of halogens is 1. The molecule has 0 aromatic heterocycles. The minimum atomic E-state index is 0.173. The Hall–Kier alpha value is -1.22. The molecule has 114 valence electrons. The van der Waals surface area contributed by atoms with Gasteiger partial charge in [0.25, 0.3) is 0 Å². The smallest absolute Gasteiger partial charge is 0.220 e. The molecule has 1 N–H and O–H groups in total. The summed E-state index contributed by atoms with van der Waals surface area (Å²) in [4.78, 5) is 11.9. The Bertz CT molecular complexity index is 488. The number of nitrogens with one attached hydrogen (secondary N) is 1. The fraction of sp³-hybridized carbons (Fsp3) is 0.588. The summed E-state index contributed by atoms with van der Waals surface area (Å²) in [5.41, 5.74) is 0. The lowest BCUT2D eigenvalue weighted by molar-refractivity contribution is -0.122. The van der Waals surface area contributed by atoms with Crippen LogP contribution in [0.4, 0.5) is 0 Å². The number of hydrogen-bond donors (Lipinski definition) is 1. The highest BCUT2D eigenvalue weighted by Gasteiger charge is 2.39. The van der Waals surface area contributed by atoms with Crippen molar-refractivity contribution < 1.29 is 9.53 Å².